The second-order valence-corrected chi connectivity index (χ2v) is 3.36. The Morgan fingerprint density at radius 1 is 1.06 bits per heavy atom. The minimum Gasteiger partial charge on any atom is -0.545 e. The van der Waals surface area contributed by atoms with Crippen molar-refractivity contribution in [2.45, 2.75) is 0 Å². The van der Waals surface area contributed by atoms with Gasteiger partial charge in [0.1, 0.15) is 0 Å². The summed E-state index contributed by atoms with van der Waals surface area (Å²) in [5.74, 6) is 4.67. The smallest absolute Gasteiger partial charge is 0.545 e. The summed E-state index contributed by atoms with van der Waals surface area (Å²) in [6.07, 6.45) is 3.35. The maximum Gasteiger partial charge on any atom is 1.00 e. The van der Waals surface area contributed by atoms with Crippen LogP contribution in [-0.4, -0.2) is 11.0 Å². The van der Waals surface area contributed by atoms with Gasteiger partial charge in [-0.2, -0.15) is 0 Å². The van der Waals surface area contributed by atoms with E-state index >= 15 is 0 Å². The number of carbonyl (C=O) groups excluding carboxylic acids is 1. The average molecular weight is 261 g/mol. The number of benzene rings is 1. The van der Waals surface area contributed by atoms with Gasteiger partial charge in [0.05, 0.1) is 5.97 Å². The second kappa shape index (κ2) is 7.47. The largest absolute Gasteiger partial charge is 1.00 e. The first-order valence-corrected chi connectivity index (χ1v) is 4.99. The Labute approximate surface area is 148 Å². The molecule has 0 saturated heterocycles. The van der Waals surface area contributed by atoms with Crippen LogP contribution in [0, 0.1) is 11.8 Å². The molecule has 2 rings (SSSR count). The molecule has 1 heterocycles. The van der Waals surface area contributed by atoms with Crippen molar-refractivity contribution in [1.29, 1.82) is 0 Å². The fourth-order valence-electron chi connectivity index (χ4n) is 1.27. The summed E-state index contributed by atoms with van der Waals surface area (Å²) >= 11 is 0. The van der Waals surface area contributed by atoms with Crippen molar-refractivity contribution in [1.82, 2.24) is 4.98 Å². The van der Waals surface area contributed by atoms with E-state index in [-0.39, 0.29) is 56.9 Å². The van der Waals surface area contributed by atoms with E-state index < -0.39 is 5.97 Å². The number of hydrogen-bond donors (Lipinski definition) is 0. The summed E-state index contributed by atoms with van der Waals surface area (Å²) in [7, 11) is 0. The first-order valence-electron chi connectivity index (χ1n) is 4.99. The van der Waals surface area contributed by atoms with Gasteiger partial charge in [0, 0.05) is 23.5 Å². The third-order valence-electron chi connectivity index (χ3n) is 2.13. The molecule has 4 heteroatoms. The number of carboxylic acid groups (broad SMARTS) is 1. The quantitative estimate of drug-likeness (QED) is 0.434. The molecule has 1 aromatic heterocycles. The van der Waals surface area contributed by atoms with E-state index in [9.17, 15) is 9.90 Å². The van der Waals surface area contributed by atoms with Crippen LogP contribution in [0.2, 0.25) is 0 Å². The summed E-state index contributed by atoms with van der Waals surface area (Å²) in [4.78, 5) is 14.5. The summed E-state index contributed by atoms with van der Waals surface area (Å²) in [6.45, 7) is 0. The van der Waals surface area contributed by atoms with Crippen molar-refractivity contribution in [3.05, 3.63) is 65.5 Å². The topological polar surface area (TPSA) is 53.0 Å². The fourth-order valence-corrected chi connectivity index (χ4v) is 1.27. The predicted molar refractivity (Wildman–Crippen MR) is 61.0 cm³/mol. The van der Waals surface area contributed by atoms with Gasteiger partial charge < -0.3 is 9.90 Å². The molecule has 0 spiro atoms. The zero-order chi connectivity index (χ0) is 12.1. The zero-order valence-electron chi connectivity index (χ0n) is 9.88. The Kier molecular flexibility index (Phi) is 6.26. The normalized spacial score (nSPS) is 8.67. The van der Waals surface area contributed by atoms with Gasteiger partial charge in [-0.05, 0) is 29.8 Å². The van der Waals surface area contributed by atoms with E-state index in [2.05, 4.69) is 16.8 Å². The molecule has 0 aliphatic carbocycles. The first kappa shape index (κ1) is 15.1. The van der Waals surface area contributed by atoms with Gasteiger partial charge in [0.15, 0.2) is 0 Å². The van der Waals surface area contributed by atoms with Crippen LogP contribution in [0.25, 0.3) is 0 Å². The van der Waals surface area contributed by atoms with Crippen molar-refractivity contribution in [2.24, 2.45) is 0 Å². The van der Waals surface area contributed by atoms with Gasteiger partial charge in [-0.25, -0.2) is 0 Å². The third-order valence-corrected chi connectivity index (χ3v) is 2.13. The maximum absolute atomic E-state index is 10.5. The minimum atomic E-state index is -1.18. The Morgan fingerprint density at radius 2 is 1.72 bits per heavy atom. The molecule has 0 aliphatic rings. The molecule has 2 aromatic rings. The second-order valence-electron chi connectivity index (χ2n) is 3.36. The predicted octanol–water partition coefficient (Wildman–Crippen LogP) is -2.15. The monoisotopic (exact) mass is 261 g/mol. The van der Waals surface area contributed by atoms with E-state index in [4.69, 9.17) is 0 Å². The minimum absolute atomic E-state index is 0. The summed E-state index contributed by atoms with van der Waals surface area (Å²) < 4.78 is 0. The number of carbonyl (C=O) groups is 1. The van der Waals surface area contributed by atoms with Crippen LogP contribution in [0.5, 0.6) is 0 Å². The van der Waals surface area contributed by atoms with Gasteiger partial charge in [0.2, 0.25) is 0 Å². The van der Waals surface area contributed by atoms with Crippen molar-refractivity contribution >= 4 is 5.97 Å². The van der Waals surface area contributed by atoms with E-state index in [1.165, 1.54) is 12.1 Å². The summed E-state index contributed by atoms with van der Waals surface area (Å²) in [6, 6.07) is 9.91. The van der Waals surface area contributed by atoms with Crippen LogP contribution >= 0.6 is 0 Å². The molecule has 0 unspecified atom stereocenters. The SMILES string of the molecule is O=C([O-])c1ccc(C#Cc2cccnc2)cc1.[K+]. The van der Waals surface area contributed by atoms with Crippen molar-refractivity contribution in [3.63, 3.8) is 0 Å². The molecule has 0 amide bonds. The zero-order valence-corrected chi connectivity index (χ0v) is 13.0. The van der Waals surface area contributed by atoms with E-state index in [0.717, 1.165) is 11.1 Å². The Balaban J connectivity index is 0.00000162. The molecule has 0 aliphatic heterocycles. The van der Waals surface area contributed by atoms with Crippen LogP contribution in [0.15, 0.2) is 48.8 Å². The molecule has 0 N–H and O–H groups in total. The van der Waals surface area contributed by atoms with Crippen molar-refractivity contribution in [3.8, 4) is 11.8 Å². The van der Waals surface area contributed by atoms with Gasteiger partial charge >= 0.3 is 51.4 Å². The first-order chi connectivity index (χ1) is 8.25. The molecule has 0 fully saturated rings. The molecule has 18 heavy (non-hydrogen) atoms. The van der Waals surface area contributed by atoms with Crippen molar-refractivity contribution < 1.29 is 61.3 Å². The van der Waals surface area contributed by atoms with Gasteiger partial charge in [-0.3, -0.25) is 4.98 Å². The molecule has 1 aromatic carbocycles. The molecular weight excluding hydrogens is 253 g/mol. The number of aromatic carboxylic acids is 1. The average Bonchev–Trinajstić information content (AvgIpc) is 2.38. The number of aromatic nitrogens is 1. The van der Waals surface area contributed by atoms with Crippen LogP contribution in [-0.2, 0) is 0 Å². The Morgan fingerprint density at radius 3 is 2.28 bits per heavy atom. The number of hydrogen-bond acceptors (Lipinski definition) is 3. The molecule has 0 atom stereocenters. The Bertz CT molecular complexity index is 583. The number of nitrogens with zero attached hydrogens (tertiary/aromatic N) is 1. The van der Waals surface area contributed by atoms with Crippen LogP contribution in [0.1, 0.15) is 21.5 Å². The van der Waals surface area contributed by atoms with Gasteiger partial charge in [-0.15, -0.1) is 0 Å². The standard InChI is InChI=1S/C14H9NO2.K/c16-14(17)13-7-5-11(6-8-13)3-4-12-2-1-9-15-10-12;/h1-2,5-10H,(H,16,17);/q;+1/p-1. The Hall–Kier alpha value is -0.964. The van der Waals surface area contributed by atoms with Gasteiger partial charge in [0.25, 0.3) is 0 Å². The van der Waals surface area contributed by atoms with E-state index in [1.807, 2.05) is 12.1 Å². The maximum atomic E-state index is 10.5. The number of rotatable bonds is 1. The molecule has 0 saturated carbocycles. The van der Waals surface area contributed by atoms with Crippen LogP contribution in [0.3, 0.4) is 0 Å². The molecule has 0 radical (unpaired) electrons. The summed E-state index contributed by atoms with van der Waals surface area (Å²) in [5, 5.41) is 10.5. The van der Waals surface area contributed by atoms with Crippen LogP contribution in [0.4, 0.5) is 0 Å². The van der Waals surface area contributed by atoms with E-state index in [1.54, 1.807) is 24.5 Å². The number of pyridine rings is 1. The van der Waals surface area contributed by atoms with Crippen LogP contribution < -0.4 is 56.5 Å². The third kappa shape index (κ3) is 4.37. The molecule has 82 valence electrons. The summed E-state index contributed by atoms with van der Waals surface area (Å²) in [5.41, 5.74) is 1.72. The van der Waals surface area contributed by atoms with Crippen molar-refractivity contribution in [2.75, 3.05) is 0 Å². The van der Waals surface area contributed by atoms with Gasteiger partial charge in [-0.1, -0.05) is 24.0 Å². The molecular formula is C14H8KNO2. The fraction of sp³-hybridized carbons (Fsp3) is 0. The molecule has 3 nitrogen and oxygen atoms in total. The number of carboxylic acids is 1. The molecule has 0 bridgehead atoms. The van der Waals surface area contributed by atoms with E-state index in [0.29, 0.717) is 0 Å².